The minimum atomic E-state index is -3.64. The van der Waals surface area contributed by atoms with E-state index in [2.05, 4.69) is 21.2 Å². The predicted octanol–water partition coefficient (Wildman–Crippen LogP) is 6.93. The molecule has 1 saturated heterocycles. The molecule has 1 atom stereocenters. The number of carbonyl (C=O) groups is 1. The van der Waals surface area contributed by atoms with Crippen molar-refractivity contribution in [2.24, 2.45) is 5.92 Å². The molecular formula is C32H39BrN2O4S. The number of nitrogens with zero attached hydrogens (tertiary/aromatic N) is 1. The van der Waals surface area contributed by atoms with Gasteiger partial charge in [-0.05, 0) is 81.3 Å². The lowest BCUT2D eigenvalue weighted by Gasteiger charge is -2.32. The fraction of sp³-hybridized carbons (Fsp3) is 0.406. The van der Waals surface area contributed by atoms with Crippen molar-refractivity contribution in [3.63, 3.8) is 0 Å². The number of hydrogen-bond acceptors (Lipinski definition) is 4. The van der Waals surface area contributed by atoms with Crippen LogP contribution in [0, 0.1) is 33.6 Å². The molecule has 0 saturated carbocycles. The third kappa shape index (κ3) is 6.45. The molecule has 1 aliphatic heterocycles. The molecule has 0 aromatic heterocycles. The Morgan fingerprint density at radius 3 is 2.23 bits per heavy atom. The molecule has 1 N–H and O–H groups in total. The Morgan fingerprint density at radius 2 is 1.60 bits per heavy atom. The van der Waals surface area contributed by atoms with Crippen LogP contribution in [-0.2, 0) is 21.4 Å². The first-order valence-corrected chi connectivity index (χ1v) is 16.1. The maximum Gasteiger partial charge on any atom is 0.243 e. The summed E-state index contributed by atoms with van der Waals surface area (Å²) >= 11 is 3.57. The van der Waals surface area contributed by atoms with Gasteiger partial charge in [0, 0.05) is 34.6 Å². The molecule has 0 bridgehead atoms. The molecule has 0 spiro atoms. The smallest absolute Gasteiger partial charge is 0.243 e. The summed E-state index contributed by atoms with van der Waals surface area (Å²) in [5, 5.41) is 3.22. The highest BCUT2D eigenvalue weighted by atomic mass is 79.9. The Morgan fingerprint density at radius 1 is 1.00 bits per heavy atom. The van der Waals surface area contributed by atoms with E-state index in [1.165, 1.54) is 0 Å². The van der Waals surface area contributed by atoms with Crippen LogP contribution in [-0.4, -0.2) is 31.7 Å². The topological polar surface area (TPSA) is 75.7 Å². The number of carbonyl (C=O) groups excluding carboxylic acids is 1. The molecule has 1 fully saturated rings. The van der Waals surface area contributed by atoms with Crippen molar-refractivity contribution in [3.8, 4) is 5.75 Å². The Bertz CT molecular complexity index is 1450. The monoisotopic (exact) mass is 626 g/mol. The number of ether oxygens (including phenoxy) is 1. The first-order valence-electron chi connectivity index (χ1n) is 13.9. The number of benzene rings is 3. The fourth-order valence-corrected chi connectivity index (χ4v) is 7.86. The Labute approximate surface area is 247 Å². The second-order valence-corrected chi connectivity index (χ2v) is 13.4. The van der Waals surface area contributed by atoms with Crippen molar-refractivity contribution >= 4 is 31.9 Å². The van der Waals surface area contributed by atoms with Crippen molar-refractivity contribution < 1.29 is 17.9 Å². The molecule has 40 heavy (non-hydrogen) atoms. The third-order valence-electron chi connectivity index (χ3n) is 8.08. The predicted molar refractivity (Wildman–Crippen MR) is 163 cm³/mol. The van der Waals surface area contributed by atoms with Crippen molar-refractivity contribution in [1.82, 2.24) is 9.62 Å². The van der Waals surface area contributed by atoms with Gasteiger partial charge in [-0.3, -0.25) is 4.79 Å². The molecule has 0 aliphatic carbocycles. The quantitative estimate of drug-likeness (QED) is 0.279. The number of piperidine rings is 1. The molecule has 1 aliphatic rings. The summed E-state index contributed by atoms with van der Waals surface area (Å²) in [7, 11) is -3.64. The number of amides is 1. The molecule has 6 nitrogen and oxygen atoms in total. The highest BCUT2D eigenvalue weighted by Crippen LogP contribution is 2.33. The van der Waals surface area contributed by atoms with E-state index in [1.807, 2.05) is 89.2 Å². The van der Waals surface area contributed by atoms with Crippen LogP contribution in [0.4, 0.5) is 0 Å². The van der Waals surface area contributed by atoms with Gasteiger partial charge in [0.05, 0.1) is 10.9 Å². The van der Waals surface area contributed by atoms with Gasteiger partial charge >= 0.3 is 0 Å². The maximum atomic E-state index is 13.7. The molecule has 3 aromatic carbocycles. The van der Waals surface area contributed by atoms with E-state index >= 15 is 0 Å². The van der Waals surface area contributed by atoms with E-state index in [-0.39, 0.29) is 17.9 Å². The molecule has 214 valence electrons. The molecule has 0 radical (unpaired) electrons. The third-order valence-corrected chi connectivity index (χ3v) is 11.0. The Balaban J connectivity index is 1.42. The number of halogens is 1. The van der Waals surface area contributed by atoms with Gasteiger partial charge in [-0.2, -0.15) is 4.31 Å². The lowest BCUT2D eigenvalue weighted by molar-refractivity contribution is -0.126. The largest absolute Gasteiger partial charge is 0.489 e. The van der Waals surface area contributed by atoms with E-state index in [9.17, 15) is 13.2 Å². The molecular weight excluding hydrogens is 588 g/mol. The van der Waals surface area contributed by atoms with Crippen LogP contribution in [0.5, 0.6) is 5.75 Å². The van der Waals surface area contributed by atoms with E-state index in [0.717, 1.165) is 43.6 Å². The zero-order valence-electron chi connectivity index (χ0n) is 24.0. The van der Waals surface area contributed by atoms with Crippen LogP contribution in [0.2, 0.25) is 0 Å². The van der Waals surface area contributed by atoms with Gasteiger partial charge in [-0.25, -0.2) is 8.42 Å². The van der Waals surface area contributed by atoms with Crippen LogP contribution in [0.15, 0.2) is 64.0 Å². The summed E-state index contributed by atoms with van der Waals surface area (Å²) in [6.45, 7) is 10.8. The fourth-order valence-electron chi connectivity index (χ4n) is 5.42. The standard InChI is InChI=1S/C32H39BrN2O4S/c1-6-29(27-12-8-10-14-30(27)39-20-26-11-7-9-13-28(26)33)34-32(36)25-15-17-35(18-16-25)40(37,38)31-23(4)21(2)19-22(3)24(31)5/h7-14,19,25,29H,6,15-18,20H2,1-5H3,(H,34,36). The number of hydrogen-bond donors (Lipinski definition) is 1. The SMILES string of the molecule is CCC(NC(=O)C1CCN(S(=O)(=O)c2c(C)c(C)cc(C)c2C)CC1)c1ccccc1OCc1ccccc1Br. The lowest BCUT2D eigenvalue weighted by Crippen LogP contribution is -2.44. The van der Waals surface area contributed by atoms with Gasteiger partial charge in [0.15, 0.2) is 0 Å². The molecule has 1 amide bonds. The summed E-state index contributed by atoms with van der Waals surface area (Å²) in [6.07, 6.45) is 1.69. The second kappa shape index (κ2) is 12.9. The Kier molecular flexibility index (Phi) is 9.75. The van der Waals surface area contributed by atoms with Crippen molar-refractivity contribution in [3.05, 3.63) is 92.5 Å². The molecule has 1 unspecified atom stereocenters. The number of aryl methyl sites for hydroxylation is 2. The van der Waals surface area contributed by atoms with Crippen LogP contribution < -0.4 is 10.1 Å². The van der Waals surface area contributed by atoms with Gasteiger partial charge < -0.3 is 10.1 Å². The van der Waals surface area contributed by atoms with E-state index < -0.39 is 10.0 Å². The second-order valence-electron chi connectivity index (χ2n) is 10.7. The number of para-hydroxylation sites is 1. The van der Waals surface area contributed by atoms with Crippen molar-refractivity contribution in [2.45, 2.75) is 71.4 Å². The number of nitrogens with one attached hydrogen (secondary N) is 1. The van der Waals surface area contributed by atoms with Crippen molar-refractivity contribution in [2.75, 3.05) is 13.1 Å². The van der Waals surface area contributed by atoms with Crippen LogP contribution in [0.1, 0.15) is 65.6 Å². The zero-order chi connectivity index (χ0) is 29.0. The van der Waals surface area contributed by atoms with Gasteiger partial charge in [-0.15, -0.1) is 0 Å². The van der Waals surface area contributed by atoms with E-state index in [0.29, 0.717) is 43.9 Å². The van der Waals surface area contributed by atoms with Gasteiger partial charge in [0.2, 0.25) is 15.9 Å². The molecule has 8 heteroatoms. The summed E-state index contributed by atoms with van der Waals surface area (Å²) in [5.74, 6) is 0.462. The van der Waals surface area contributed by atoms with Crippen LogP contribution in [0.3, 0.4) is 0 Å². The normalized spacial score (nSPS) is 15.6. The minimum absolute atomic E-state index is 0.0386. The summed E-state index contributed by atoms with van der Waals surface area (Å²) in [5.41, 5.74) is 5.53. The van der Waals surface area contributed by atoms with Gasteiger partial charge in [-0.1, -0.05) is 65.3 Å². The van der Waals surface area contributed by atoms with Crippen molar-refractivity contribution in [1.29, 1.82) is 0 Å². The highest BCUT2D eigenvalue weighted by Gasteiger charge is 2.35. The van der Waals surface area contributed by atoms with Gasteiger partial charge in [0.1, 0.15) is 12.4 Å². The average molecular weight is 628 g/mol. The first kappa shape index (κ1) is 30.3. The number of rotatable bonds is 9. The molecule has 3 aromatic rings. The summed E-state index contributed by atoms with van der Waals surface area (Å²) in [4.78, 5) is 13.8. The summed E-state index contributed by atoms with van der Waals surface area (Å²) in [6, 6.07) is 17.6. The van der Waals surface area contributed by atoms with E-state index in [1.54, 1.807) is 4.31 Å². The summed E-state index contributed by atoms with van der Waals surface area (Å²) < 4.78 is 36.0. The van der Waals surface area contributed by atoms with Crippen LogP contribution in [0.25, 0.3) is 0 Å². The average Bonchev–Trinajstić information content (AvgIpc) is 2.94. The Hall–Kier alpha value is -2.68. The molecule has 1 heterocycles. The maximum absolute atomic E-state index is 13.7. The van der Waals surface area contributed by atoms with Gasteiger partial charge in [0.25, 0.3) is 0 Å². The minimum Gasteiger partial charge on any atom is -0.489 e. The lowest BCUT2D eigenvalue weighted by atomic mass is 9.95. The van der Waals surface area contributed by atoms with E-state index in [4.69, 9.17) is 4.74 Å². The first-order chi connectivity index (χ1) is 19.0. The number of sulfonamides is 1. The highest BCUT2D eigenvalue weighted by molar-refractivity contribution is 9.10. The molecule has 4 rings (SSSR count). The van der Waals surface area contributed by atoms with Crippen LogP contribution >= 0.6 is 15.9 Å². The zero-order valence-corrected chi connectivity index (χ0v) is 26.4.